The summed E-state index contributed by atoms with van der Waals surface area (Å²) in [6, 6.07) is 6.25. The van der Waals surface area contributed by atoms with Crippen LogP contribution in [0, 0.1) is 5.92 Å². The molecule has 3 heterocycles. The molecule has 4 atom stereocenters. The Balaban J connectivity index is 1.26. The molecular weight excluding hydrogens is 737 g/mol. The van der Waals surface area contributed by atoms with E-state index >= 15 is 0 Å². The van der Waals surface area contributed by atoms with Gasteiger partial charge in [0.25, 0.3) is 0 Å². The zero-order valence-electron chi connectivity index (χ0n) is 32.7. The van der Waals surface area contributed by atoms with Crippen LogP contribution in [0.1, 0.15) is 89.8 Å². The van der Waals surface area contributed by atoms with Crippen molar-refractivity contribution in [2.24, 2.45) is 5.92 Å². The number of piperidine rings is 1. The first-order valence-corrected chi connectivity index (χ1v) is 20.7. The van der Waals surface area contributed by atoms with E-state index in [4.69, 9.17) is 4.74 Å². The lowest BCUT2D eigenvalue weighted by atomic mass is 9.83. The largest absolute Gasteiger partial charge is 0.444 e. The highest BCUT2D eigenvalue weighted by atomic mass is 32.2. The third kappa shape index (κ3) is 14.1. The van der Waals surface area contributed by atoms with E-state index in [1.807, 2.05) is 30.3 Å². The van der Waals surface area contributed by atoms with E-state index in [1.165, 1.54) is 30.8 Å². The molecule has 1 saturated carbocycles. The van der Waals surface area contributed by atoms with E-state index < -0.39 is 53.8 Å². The Bertz CT molecular complexity index is 1640. The highest BCUT2D eigenvalue weighted by Crippen LogP contribution is 2.29. The summed E-state index contributed by atoms with van der Waals surface area (Å²) in [5.41, 5.74) is 0.861. The number of aliphatic hydroxyl groups excluding tert-OH is 1. The molecule has 0 bridgehead atoms. The van der Waals surface area contributed by atoms with E-state index in [0.717, 1.165) is 31.2 Å². The first kappa shape index (κ1) is 42.5. The summed E-state index contributed by atoms with van der Waals surface area (Å²) in [6.07, 6.45) is 11.2. The topological polar surface area (TPSA) is 219 Å². The predicted molar refractivity (Wildman–Crippen MR) is 212 cm³/mol. The van der Waals surface area contributed by atoms with Gasteiger partial charge in [-0.3, -0.25) is 14.7 Å². The molecule has 2 fully saturated rings. The lowest BCUT2D eigenvalue weighted by molar-refractivity contribution is -0.130. The molecular formula is C39H58N10O6S. The summed E-state index contributed by atoms with van der Waals surface area (Å²) >= 11 is 1.45. The molecule has 2 aromatic heterocycles. The Kier molecular flexibility index (Phi) is 16.0. The Labute approximate surface area is 332 Å². The Morgan fingerprint density at radius 2 is 1.68 bits per heavy atom. The normalized spacial score (nSPS) is 17.6. The maximum Gasteiger partial charge on any atom is 0.407 e. The summed E-state index contributed by atoms with van der Waals surface area (Å²) in [4.78, 5) is 67.3. The molecule has 0 radical (unpaired) electrons. The van der Waals surface area contributed by atoms with Gasteiger partial charge in [-0.1, -0.05) is 74.2 Å². The average Bonchev–Trinajstić information content (AvgIpc) is 3.89. The minimum atomic E-state index is -1.03. The van der Waals surface area contributed by atoms with E-state index in [2.05, 4.69) is 46.4 Å². The van der Waals surface area contributed by atoms with Crippen molar-refractivity contribution in [1.29, 1.82) is 0 Å². The van der Waals surface area contributed by atoms with Crippen LogP contribution in [0.25, 0.3) is 0 Å². The zero-order valence-corrected chi connectivity index (χ0v) is 33.5. The number of carbonyl (C=O) groups excluding carboxylic acids is 4. The van der Waals surface area contributed by atoms with Crippen molar-refractivity contribution in [3.63, 3.8) is 0 Å². The maximum absolute atomic E-state index is 14.2. The van der Waals surface area contributed by atoms with Crippen LogP contribution in [0.2, 0.25) is 0 Å². The number of rotatable bonds is 17. The van der Waals surface area contributed by atoms with Crippen molar-refractivity contribution < 1.29 is 29.0 Å². The van der Waals surface area contributed by atoms with E-state index in [9.17, 15) is 24.3 Å². The minimum absolute atomic E-state index is 0.120. The molecule has 56 heavy (non-hydrogen) atoms. The van der Waals surface area contributed by atoms with Crippen molar-refractivity contribution in [3.8, 4) is 0 Å². The second-order valence-corrected chi connectivity index (χ2v) is 16.9. The highest BCUT2D eigenvalue weighted by Gasteiger charge is 2.33. The molecule has 0 unspecified atom stereocenters. The number of carbonyl (C=O) groups is 4. The number of nitrogens with zero attached hydrogens (tertiary/aromatic N) is 4. The molecule has 5 rings (SSSR count). The minimum Gasteiger partial charge on any atom is -0.444 e. The lowest BCUT2D eigenvalue weighted by Gasteiger charge is -2.34. The third-order valence-corrected chi connectivity index (χ3v) is 11.1. The van der Waals surface area contributed by atoms with Gasteiger partial charge in [0.2, 0.25) is 11.8 Å². The predicted octanol–water partition coefficient (Wildman–Crippen LogP) is 3.86. The van der Waals surface area contributed by atoms with Crippen LogP contribution in [0.15, 0.2) is 54.3 Å². The summed E-state index contributed by atoms with van der Waals surface area (Å²) in [6.45, 7) is 6.16. The number of aromatic amines is 2. The first-order chi connectivity index (χ1) is 26.9. The van der Waals surface area contributed by atoms with Crippen LogP contribution in [-0.2, 0) is 27.2 Å². The average molecular weight is 795 g/mol. The number of nitrogens with one attached hydrogen (secondary N) is 6. The summed E-state index contributed by atoms with van der Waals surface area (Å²) in [5, 5.41) is 30.7. The highest BCUT2D eigenvalue weighted by molar-refractivity contribution is 7.99. The van der Waals surface area contributed by atoms with Gasteiger partial charge in [-0.15, -0.1) is 0 Å². The number of hydrogen-bond acceptors (Lipinski definition) is 10. The van der Waals surface area contributed by atoms with Gasteiger partial charge in [-0.25, -0.2) is 19.6 Å². The number of benzene rings is 1. The first-order valence-electron chi connectivity index (χ1n) is 19.7. The Morgan fingerprint density at radius 1 is 0.964 bits per heavy atom. The van der Waals surface area contributed by atoms with Crippen molar-refractivity contribution in [3.05, 3.63) is 60.4 Å². The molecule has 1 aliphatic carbocycles. The van der Waals surface area contributed by atoms with Crippen molar-refractivity contribution in [2.75, 3.05) is 18.8 Å². The lowest BCUT2D eigenvalue weighted by Crippen LogP contribution is -2.59. The summed E-state index contributed by atoms with van der Waals surface area (Å²) in [7, 11) is 0. The molecule has 5 amide bonds. The molecule has 1 saturated heterocycles. The Hall–Kier alpha value is -4.64. The number of aromatic nitrogens is 5. The molecule has 7 N–H and O–H groups in total. The SMILES string of the molecule is CC(C)(C)OC(=O)NC1CCN(C(=O)N[C@@H](Cc2ccccc2)C(=O)N[C@@H](Cc2cnc[nH]2)C(=O)N[C@@H](CC2CCCCC2)[C@@H](O)CCSc2ncn[nH]2)CC1. The number of hydrogen-bond donors (Lipinski definition) is 7. The number of likely N-dealkylation sites (tertiary alicyclic amines) is 1. The zero-order chi connectivity index (χ0) is 39.9. The molecule has 16 nitrogen and oxygen atoms in total. The maximum atomic E-state index is 14.2. The number of aliphatic hydroxyl groups is 1. The van der Waals surface area contributed by atoms with Gasteiger partial charge in [-0.2, -0.15) is 5.10 Å². The molecule has 1 aliphatic heterocycles. The van der Waals surface area contributed by atoms with Crippen LogP contribution in [0.4, 0.5) is 9.59 Å². The van der Waals surface area contributed by atoms with Gasteiger partial charge in [0, 0.05) is 49.6 Å². The fourth-order valence-corrected chi connectivity index (χ4v) is 8.01. The second kappa shape index (κ2) is 21.0. The monoisotopic (exact) mass is 794 g/mol. The van der Waals surface area contributed by atoms with Gasteiger partial charge in [0.1, 0.15) is 24.0 Å². The van der Waals surface area contributed by atoms with Gasteiger partial charge in [0.15, 0.2) is 5.16 Å². The van der Waals surface area contributed by atoms with Crippen molar-refractivity contribution in [1.82, 2.24) is 51.3 Å². The number of H-pyrrole nitrogens is 2. The van der Waals surface area contributed by atoms with Crippen LogP contribution in [-0.4, -0.2) is 114 Å². The van der Waals surface area contributed by atoms with Crippen LogP contribution >= 0.6 is 11.8 Å². The molecule has 306 valence electrons. The number of amides is 5. The van der Waals surface area contributed by atoms with Crippen molar-refractivity contribution >= 4 is 35.7 Å². The molecule has 3 aromatic rings. The van der Waals surface area contributed by atoms with E-state index in [-0.39, 0.29) is 18.9 Å². The molecule has 17 heteroatoms. The summed E-state index contributed by atoms with van der Waals surface area (Å²) in [5.74, 6) is -0.00772. The molecule has 1 aromatic carbocycles. The standard InChI is InChI=1S/C39H58N10O6S/c1-39(2,3)55-38(54)44-28-14-17-49(18-15-28)37(53)47-31(21-27-12-8-5-9-13-27)34(51)46-32(22-29-23-40-24-41-29)35(52)45-30(20-26-10-6-4-7-11-26)33(50)16-19-56-36-42-25-43-48-36/h5,8-9,12-13,23-26,28,30-33,50H,4,6-7,10-11,14-22H2,1-3H3,(H,40,41)(H,44,54)(H,45,52)(H,46,51)(H,47,53)(H,42,43,48)/t30-,31-,32-,33-/m0/s1. The van der Waals surface area contributed by atoms with Gasteiger partial charge in [0.05, 0.1) is 18.5 Å². The van der Waals surface area contributed by atoms with E-state index in [1.54, 1.807) is 31.9 Å². The number of imidazole rings is 1. The van der Waals surface area contributed by atoms with Gasteiger partial charge < -0.3 is 41.0 Å². The number of urea groups is 1. The molecule has 0 spiro atoms. The fourth-order valence-electron chi connectivity index (χ4n) is 7.22. The van der Waals surface area contributed by atoms with Crippen molar-refractivity contribution in [2.45, 2.75) is 132 Å². The smallest absolute Gasteiger partial charge is 0.407 e. The fraction of sp³-hybridized carbons (Fsp3) is 0.615. The van der Waals surface area contributed by atoms with Crippen LogP contribution < -0.4 is 21.3 Å². The number of alkyl carbamates (subject to hydrolysis) is 1. The van der Waals surface area contributed by atoms with Crippen LogP contribution in [0.3, 0.4) is 0 Å². The van der Waals surface area contributed by atoms with E-state index in [0.29, 0.717) is 61.3 Å². The summed E-state index contributed by atoms with van der Waals surface area (Å²) < 4.78 is 5.39. The molecule has 2 aliphatic rings. The second-order valence-electron chi connectivity index (χ2n) is 15.8. The third-order valence-electron chi connectivity index (χ3n) is 10.2. The quantitative estimate of drug-likeness (QED) is 0.0979. The van der Waals surface area contributed by atoms with Gasteiger partial charge in [-0.05, 0) is 57.9 Å². The number of thioether (sulfide) groups is 1. The van der Waals surface area contributed by atoms with Crippen LogP contribution in [0.5, 0.6) is 0 Å². The Morgan fingerprint density at radius 3 is 2.34 bits per heavy atom. The number of ether oxygens (including phenoxy) is 1. The van der Waals surface area contributed by atoms with Gasteiger partial charge >= 0.3 is 12.1 Å².